The van der Waals surface area contributed by atoms with E-state index in [2.05, 4.69) is 14.9 Å². The Morgan fingerprint density at radius 2 is 2.12 bits per heavy atom. The molecule has 1 amide bonds. The van der Waals surface area contributed by atoms with Crippen molar-refractivity contribution < 1.29 is 22.5 Å². The van der Waals surface area contributed by atoms with Crippen molar-refractivity contribution in [2.24, 2.45) is 0 Å². The number of ether oxygens (including phenoxy) is 1. The molecule has 136 valence electrons. The van der Waals surface area contributed by atoms with Gasteiger partial charge in [-0.3, -0.25) is 4.79 Å². The van der Waals surface area contributed by atoms with E-state index in [9.17, 15) is 13.2 Å². The Labute approximate surface area is 146 Å². The van der Waals surface area contributed by atoms with Gasteiger partial charge in [0.05, 0.1) is 4.90 Å². The van der Waals surface area contributed by atoms with Gasteiger partial charge in [-0.15, -0.1) is 0 Å². The maximum absolute atomic E-state index is 12.4. The Morgan fingerprint density at radius 3 is 2.80 bits per heavy atom. The van der Waals surface area contributed by atoms with Crippen LogP contribution in [0.5, 0.6) is 0 Å². The molecule has 0 radical (unpaired) electrons. The summed E-state index contributed by atoms with van der Waals surface area (Å²) in [5.74, 6) is 0.440. The van der Waals surface area contributed by atoms with Crippen molar-refractivity contribution in [1.82, 2.24) is 19.8 Å². The second-order valence-corrected chi connectivity index (χ2v) is 7.18. The van der Waals surface area contributed by atoms with Crippen LogP contribution in [0.4, 0.5) is 0 Å². The van der Waals surface area contributed by atoms with Crippen LogP contribution in [-0.2, 0) is 27.8 Å². The fourth-order valence-electron chi connectivity index (χ4n) is 2.01. The lowest BCUT2D eigenvalue weighted by Crippen LogP contribution is -2.27. The number of methoxy groups -OCH3 is 1. The first-order valence-corrected chi connectivity index (χ1v) is 8.93. The fraction of sp³-hybridized carbons (Fsp3) is 0.400. The topological polar surface area (TPSA) is 115 Å². The lowest BCUT2D eigenvalue weighted by Gasteiger charge is -2.11. The normalized spacial score (nSPS) is 11.5. The summed E-state index contributed by atoms with van der Waals surface area (Å²) >= 11 is 0. The summed E-state index contributed by atoms with van der Waals surface area (Å²) in [4.78, 5) is 17.4. The predicted molar refractivity (Wildman–Crippen MR) is 88.4 cm³/mol. The minimum atomic E-state index is -3.75. The maximum Gasteiger partial charge on any atom is 0.253 e. The van der Waals surface area contributed by atoms with E-state index in [4.69, 9.17) is 9.26 Å². The summed E-state index contributed by atoms with van der Waals surface area (Å²) in [5, 5.41) is 3.70. The highest BCUT2D eigenvalue weighted by molar-refractivity contribution is 7.89. The van der Waals surface area contributed by atoms with E-state index in [0.717, 1.165) is 0 Å². The molecular weight excluding hydrogens is 348 g/mol. The van der Waals surface area contributed by atoms with Crippen LogP contribution < -0.4 is 4.72 Å². The van der Waals surface area contributed by atoms with E-state index in [1.165, 1.54) is 30.2 Å². The van der Waals surface area contributed by atoms with E-state index >= 15 is 0 Å². The van der Waals surface area contributed by atoms with Gasteiger partial charge in [-0.05, 0) is 18.2 Å². The summed E-state index contributed by atoms with van der Waals surface area (Å²) in [5.41, 5.74) is 0.300. The standard InChI is InChI=1S/C15H20N4O5S/c1-19(2)15(20)11-5-4-6-12(9-11)25(21,22)16-8-7-14-17-13(10-23-3)18-24-14/h4-6,9,16H,7-8,10H2,1-3H3. The highest BCUT2D eigenvalue weighted by atomic mass is 32.2. The highest BCUT2D eigenvalue weighted by Gasteiger charge is 2.17. The Bertz CT molecular complexity index is 832. The molecule has 25 heavy (non-hydrogen) atoms. The van der Waals surface area contributed by atoms with Crippen LogP contribution in [0, 0.1) is 0 Å². The first-order valence-electron chi connectivity index (χ1n) is 7.45. The van der Waals surface area contributed by atoms with Crippen molar-refractivity contribution >= 4 is 15.9 Å². The average molecular weight is 368 g/mol. The van der Waals surface area contributed by atoms with Gasteiger partial charge in [-0.2, -0.15) is 4.98 Å². The molecule has 2 rings (SSSR count). The zero-order valence-electron chi connectivity index (χ0n) is 14.2. The van der Waals surface area contributed by atoms with Crippen molar-refractivity contribution in [2.45, 2.75) is 17.9 Å². The summed E-state index contributed by atoms with van der Waals surface area (Å²) < 4.78 is 37.0. The van der Waals surface area contributed by atoms with Crippen molar-refractivity contribution in [3.63, 3.8) is 0 Å². The van der Waals surface area contributed by atoms with Gasteiger partial charge in [0.25, 0.3) is 5.91 Å². The number of carbonyl (C=O) groups excluding carboxylic acids is 1. The molecule has 1 aromatic heterocycles. The molecule has 0 fully saturated rings. The molecule has 0 bridgehead atoms. The minimum absolute atomic E-state index is 0.0193. The number of nitrogens with zero attached hydrogens (tertiary/aromatic N) is 3. The van der Waals surface area contributed by atoms with Gasteiger partial charge in [0.1, 0.15) is 6.61 Å². The maximum atomic E-state index is 12.4. The van der Waals surface area contributed by atoms with Crippen molar-refractivity contribution in [1.29, 1.82) is 0 Å². The average Bonchev–Trinajstić information content (AvgIpc) is 3.02. The molecule has 0 aliphatic rings. The molecular formula is C15H20N4O5S. The van der Waals surface area contributed by atoms with Crippen LogP contribution in [0.1, 0.15) is 22.1 Å². The van der Waals surface area contributed by atoms with Crippen molar-refractivity contribution in [2.75, 3.05) is 27.7 Å². The molecule has 10 heteroatoms. The summed E-state index contributed by atoms with van der Waals surface area (Å²) in [6.07, 6.45) is 0.242. The first kappa shape index (κ1) is 19.0. The SMILES string of the molecule is COCc1noc(CCNS(=O)(=O)c2cccc(C(=O)N(C)C)c2)n1. The van der Waals surface area contributed by atoms with Gasteiger partial charge in [-0.25, -0.2) is 13.1 Å². The summed E-state index contributed by atoms with van der Waals surface area (Å²) in [6, 6.07) is 5.86. The molecule has 1 N–H and O–H groups in total. The highest BCUT2D eigenvalue weighted by Crippen LogP contribution is 2.13. The fourth-order valence-corrected chi connectivity index (χ4v) is 3.09. The second kappa shape index (κ2) is 8.19. The molecule has 9 nitrogen and oxygen atoms in total. The molecule has 2 aromatic rings. The molecule has 0 aliphatic carbocycles. The smallest absolute Gasteiger partial charge is 0.253 e. The zero-order valence-corrected chi connectivity index (χ0v) is 15.0. The molecule has 0 atom stereocenters. The number of hydrogen-bond donors (Lipinski definition) is 1. The third-order valence-electron chi connectivity index (χ3n) is 3.21. The number of aromatic nitrogens is 2. The predicted octanol–water partition coefficient (Wildman–Crippen LogP) is 0.439. The first-order chi connectivity index (χ1) is 11.8. The van der Waals surface area contributed by atoms with E-state index < -0.39 is 10.0 Å². The van der Waals surface area contributed by atoms with Gasteiger partial charge in [0.15, 0.2) is 5.82 Å². The number of carbonyl (C=O) groups is 1. The van der Waals surface area contributed by atoms with E-state index in [1.54, 1.807) is 20.2 Å². The number of amides is 1. The van der Waals surface area contributed by atoms with E-state index in [0.29, 0.717) is 17.3 Å². The van der Waals surface area contributed by atoms with Crippen molar-refractivity contribution in [3.05, 3.63) is 41.5 Å². The van der Waals surface area contributed by atoms with E-state index in [-0.39, 0.29) is 30.4 Å². The van der Waals surface area contributed by atoms with Crippen molar-refractivity contribution in [3.8, 4) is 0 Å². The molecule has 0 saturated heterocycles. The minimum Gasteiger partial charge on any atom is -0.377 e. The van der Waals surface area contributed by atoms with Gasteiger partial charge in [0.2, 0.25) is 15.9 Å². The number of rotatable bonds is 8. The number of nitrogens with one attached hydrogen (secondary N) is 1. The van der Waals surface area contributed by atoms with Gasteiger partial charge in [-0.1, -0.05) is 11.2 Å². The molecule has 0 unspecified atom stereocenters. The lowest BCUT2D eigenvalue weighted by molar-refractivity contribution is 0.0827. The number of sulfonamides is 1. The molecule has 0 spiro atoms. The van der Waals surface area contributed by atoms with Gasteiger partial charge >= 0.3 is 0 Å². The van der Waals surface area contributed by atoms with Crippen LogP contribution in [0.15, 0.2) is 33.7 Å². The second-order valence-electron chi connectivity index (χ2n) is 5.41. The van der Waals surface area contributed by atoms with Crippen LogP contribution in [0.25, 0.3) is 0 Å². The Kier molecular flexibility index (Phi) is 6.23. The number of hydrogen-bond acceptors (Lipinski definition) is 7. The Balaban J connectivity index is 2.01. The lowest BCUT2D eigenvalue weighted by atomic mass is 10.2. The molecule has 1 aromatic carbocycles. The van der Waals surface area contributed by atoms with E-state index in [1.807, 2.05) is 0 Å². The monoisotopic (exact) mass is 368 g/mol. The summed E-state index contributed by atoms with van der Waals surface area (Å²) in [7, 11) is 0.965. The number of benzene rings is 1. The van der Waals surface area contributed by atoms with Crippen LogP contribution >= 0.6 is 0 Å². The van der Waals surface area contributed by atoms with Crippen LogP contribution in [0.3, 0.4) is 0 Å². The third kappa shape index (κ3) is 5.08. The summed E-state index contributed by atoms with van der Waals surface area (Å²) in [6.45, 7) is 0.310. The van der Waals surface area contributed by atoms with Gasteiger partial charge in [0, 0.05) is 39.7 Å². The van der Waals surface area contributed by atoms with Crippen LogP contribution in [-0.4, -0.2) is 57.1 Å². The van der Waals surface area contributed by atoms with Gasteiger partial charge < -0.3 is 14.2 Å². The quantitative estimate of drug-likeness (QED) is 0.719. The molecule has 1 heterocycles. The molecule has 0 aliphatic heterocycles. The molecule has 0 saturated carbocycles. The van der Waals surface area contributed by atoms with Crippen LogP contribution in [0.2, 0.25) is 0 Å². The largest absolute Gasteiger partial charge is 0.377 e. The Morgan fingerprint density at radius 1 is 1.36 bits per heavy atom. The third-order valence-corrected chi connectivity index (χ3v) is 4.67. The zero-order chi connectivity index (χ0) is 18.4. The Hall–Kier alpha value is -2.30.